The van der Waals surface area contributed by atoms with Crippen LogP contribution in [0.4, 0.5) is 19.1 Å². The summed E-state index contributed by atoms with van der Waals surface area (Å²) in [4.78, 5) is 25.7. The van der Waals surface area contributed by atoms with Gasteiger partial charge in [0.25, 0.3) is 5.60 Å². The summed E-state index contributed by atoms with van der Waals surface area (Å²) in [5.41, 5.74) is 2.80. The Morgan fingerprint density at radius 1 is 1.16 bits per heavy atom. The standard InChI is InChI=1S/C30H29ClF3N5O5/c1-17-13-36-21(18(2)23(17)42-4)15-39-14-19(22-24(31)37-27(35)38-25(22)39)11-12-28(3,41)16-44-26(40)29(43-5,30(32,33)34)20-9-7-6-8-10-20/h6-10,13-14,41H,15-16H2,1-5H3,(H2,35,37,38)/t28-,29?/m1/s1. The molecule has 10 nitrogen and oxygen atoms in total. The van der Waals surface area contributed by atoms with Crippen LogP contribution in [0.2, 0.25) is 5.15 Å². The Morgan fingerprint density at radius 3 is 2.45 bits per heavy atom. The molecule has 44 heavy (non-hydrogen) atoms. The van der Waals surface area contributed by atoms with E-state index in [0.29, 0.717) is 22.5 Å². The third-order valence-corrected chi connectivity index (χ3v) is 7.16. The molecular weight excluding hydrogens is 603 g/mol. The molecule has 0 aliphatic carbocycles. The number of nitrogens with zero attached hydrogens (tertiary/aromatic N) is 4. The molecule has 2 atom stereocenters. The van der Waals surface area contributed by atoms with Gasteiger partial charge in [0.2, 0.25) is 5.95 Å². The molecule has 0 aliphatic heterocycles. The minimum absolute atomic E-state index is 0.00861. The molecule has 0 spiro atoms. The van der Waals surface area contributed by atoms with Gasteiger partial charge in [0.15, 0.2) is 5.60 Å². The second-order valence-electron chi connectivity index (χ2n) is 10.1. The molecule has 0 amide bonds. The summed E-state index contributed by atoms with van der Waals surface area (Å²) < 4.78 is 59.5. The molecule has 0 aliphatic rings. The average molecular weight is 632 g/mol. The van der Waals surface area contributed by atoms with Gasteiger partial charge in [-0.1, -0.05) is 53.8 Å². The zero-order chi connectivity index (χ0) is 32.4. The number of esters is 1. The molecule has 0 radical (unpaired) electrons. The van der Waals surface area contributed by atoms with Gasteiger partial charge >= 0.3 is 12.1 Å². The summed E-state index contributed by atoms with van der Waals surface area (Å²) in [6.45, 7) is 4.23. The number of benzene rings is 1. The zero-order valence-electron chi connectivity index (χ0n) is 24.4. The molecular formula is C30H29ClF3N5O5. The van der Waals surface area contributed by atoms with E-state index in [1.165, 1.54) is 25.1 Å². The highest BCUT2D eigenvalue weighted by Crippen LogP contribution is 2.43. The average Bonchev–Trinajstić information content (AvgIpc) is 3.30. The van der Waals surface area contributed by atoms with Crippen molar-refractivity contribution in [2.45, 2.75) is 44.7 Å². The lowest BCUT2D eigenvalue weighted by Crippen LogP contribution is -2.52. The van der Waals surface area contributed by atoms with Gasteiger partial charge in [-0.3, -0.25) is 4.98 Å². The smallest absolute Gasteiger partial charge is 0.432 e. The second kappa shape index (κ2) is 12.3. The maximum Gasteiger partial charge on any atom is 0.432 e. The van der Waals surface area contributed by atoms with Gasteiger partial charge in [0, 0.05) is 36.2 Å². The minimum atomic E-state index is -5.17. The van der Waals surface area contributed by atoms with E-state index in [1.54, 1.807) is 24.1 Å². The zero-order valence-corrected chi connectivity index (χ0v) is 25.2. The molecule has 4 aromatic rings. The molecule has 232 valence electrons. The van der Waals surface area contributed by atoms with Gasteiger partial charge in [-0.2, -0.15) is 18.2 Å². The van der Waals surface area contributed by atoms with Gasteiger partial charge in [0.1, 0.15) is 23.2 Å². The van der Waals surface area contributed by atoms with E-state index in [2.05, 4.69) is 26.8 Å². The number of nitrogens with two attached hydrogens (primary N) is 1. The Bertz CT molecular complexity index is 1770. The lowest BCUT2D eigenvalue weighted by Gasteiger charge is -2.33. The van der Waals surface area contributed by atoms with Crippen LogP contribution in [0.25, 0.3) is 11.0 Å². The first-order valence-electron chi connectivity index (χ1n) is 13.1. The number of alkyl halides is 3. The molecule has 4 rings (SSSR count). The van der Waals surface area contributed by atoms with Crippen LogP contribution in [0.5, 0.6) is 5.75 Å². The normalized spacial score (nSPS) is 14.3. The van der Waals surface area contributed by atoms with Gasteiger partial charge < -0.3 is 29.6 Å². The molecule has 1 unspecified atom stereocenters. The van der Waals surface area contributed by atoms with Gasteiger partial charge in [-0.15, -0.1) is 0 Å². The van der Waals surface area contributed by atoms with E-state index in [0.717, 1.165) is 30.4 Å². The number of ether oxygens (including phenoxy) is 3. The first-order chi connectivity index (χ1) is 20.6. The number of aryl methyl sites for hydroxylation is 1. The van der Waals surface area contributed by atoms with Crippen LogP contribution >= 0.6 is 11.6 Å². The fraction of sp³-hybridized carbons (Fsp3) is 0.333. The van der Waals surface area contributed by atoms with Gasteiger partial charge in [0.05, 0.1) is 30.3 Å². The van der Waals surface area contributed by atoms with Crippen LogP contribution in [-0.4, -0.2) is 63.2 Å². The Balaban J connectivity index is 1.67. The van der Waals surface area contributed by atoms with Crippen molar-refractivity contribution in [3.05, 3.63) is 75.8 Å². The SMILES string of the molecule is COc1c(C)cnc(Cn2cc(C#C[C@@](C)(O)COC(=O)C(OC)(c3ccccc3)C(F)(F)F)c3c(Cl)nc(N)nc32)c1C. The highest BCUT2D eigenvalue weighted by atomic mass is 35.5. The summed E-state index contributed by atoms with van der Waals surface area (Å²) in [5, 5.41) is 11.2. The summed E-state index contributed by atoms with van der Waals surface area (Å²) >= 11 is 6.40. The van der Waals surface area contributed by atoms with Crippen molar-refractivity contribution in [1.82, 2.24) is 19.5 Å². The fourth-order valence-corrected chi connectivity index (χ4v) is 4.97. The Labute approximate surface area is 255 Å². The van der Waals surface area contributed by atoms with Gasteiger partial charge in [-0.05, 0) is 20.8 Å². The maximum atomic E-state index is 14.2. The number of rotatable bonds is 8. The van der Waals surface area contributed by atoms with Crippen LogP contribution in [0, 0.1) is 25.7 Å². The van der Waals surface area contributed by atoms with E-state index >= 15 is 0 Å². The van der Waals surface area contributed by atoms with Crippen LogP contribution in [0.1, 0.15) is 34.9 Å². The number of pyridine rings is 1. The number of hydrogen-bond acceptors (Lipinski definition) is 9. The summed E-state index contributed by atoms with van der Waals surface area (Å²) in [6.07, 6.45) is -1.90. The van der Waals surface area contributed by atoms with Crippen LogP contribution < -0.4 is 10.5 Å². The van der Waals surface area contributed by atoms with E-state index < -0.39 is 35.5 Å². The topological polar surface area (TPSA) is 135 Å². The number of fused-ring (bicyclic) bond motifs is 1. The summed E-state index contributed by atoms with van der Waals surface area (Å²) in [6, 6.07) is 6.33. The van der Waals surface area contributed by atoms with Crippen molar-refractivity contribution >= 4 is 34.6 Å². The Kier molecular flexibility index (Phi) is 9.11. The van der Waals surface area contributed by atoms with Crippen LogP contribution in [0.15, 0.2) is 42.7 Å². The van der Waals surface area contributed by atoms with E-state index in [1.807, 2.05) is 13.8 Å². The number of aliphatic hydroxyl groups is 1. The number of methoxy groups -OCH3 is 2. The lowest BCUT2D eigenvalue weighted by molar-refractivity contribution is -0.277. The quantitative estimate of drug-likeness (QED) is 0.164. The van der Waals surface area contributed by atoms with E-state index in [-0.39, 0.29) is 23.2 Å². The van der Waals surface area contributed by atoms with E-state index in [4.69, 9.17) is 31.5 Å². The number of carbonyl (C=O) groups is 1. The fourth-order valence-electron chi connectivity index (χ4n) is 4.70. The lowest BCUT2D eigenvalue weighted by atomic mass is 9.92. The molecule has 3 aromatic heterocycles. The number of hydrogen-bond donors (Lipinski definition) is 2. The summed E-state index contributed by atoms with van der Waals surface area (Å²) in [7, 11) is 2.31. The maximum absolute atomic E-state index is 14.2. The first kappa shape index (κ1) is 32.5. The summed E-state index contributed by atoms with van der Waals surface area (Å²) in [5.74, 6) is 4.13. The molecule has 0 bridgehead atoms. The molecule has 1 aromatic carbocycles. The Hall–Kier alpha value is -4.38. The number of aromatic nitrogens is 4. The molecule has 0 fully saturated rings. The number of halogens is 4. The number of carbonyl (C=O) groups excluding carboxylic acids is 1. The number of anilines is 1. The van der Waals surface area contributed by atoms with Crippen LogP contribution in [0.3, 0.4) is 0 Å². The monoisotopic (exact) mass is 631 g/mol. The van der Waals surface area contributed by atoms with Crippen molar-refractivity contribution in [2.75, 3.05) is 26.6 Å². The predicted octanol–water partition coefficient (Wildman–Crippen LogP) is 4.49. The molecule has 3 N–H and O–H groups in total. The van der Waals surface area contributed by atoms with Crippen molar-refractivity contribution < 1.29 is 37.3 Å². The molecule has 0 saturated carbocycles. The Morgan fingerprint density at radius 2 is 1.84 bits per heavy atom. The highest BCUT2D eigenvalue weighted by Gasteiger charge is 2.64. The highest BCUT2D eigenvalue weighted by molar-refractivity contribution is 6.34. The second-order valence-corrected chi connectivity index (χ2v) is 10.5. The van der Waals surface area contributed by atoms with E-state index in [9.17, 15) is 23.1 Å². The van der Waals surface area contributed by atoms with Crippen molar-refractivity contribution in [3.8, 4) is 17.6 Å². The minimum Gasteiger partial charge on any atom is -0.496 e. The molecule has 3 heterocycles. The molecule has 0 saturated heterocycles. The van der Waals surface area contributed by atoms with Crippen LogP contribution in [-0.2, 0) is 26.4 Å². The van der Waals surface area contributed by atoms with Crippen molar-refractivity contribution in [2.24, 2.45) is 0 Å². The predicted molar refractivity (Wildman–Crippen MR) is 156 cm³/mol. The molecule has 14 heteroatoms. The third kappa shape index (κ3) is 6.14. The number of nitrogen functional groups attached to an aromatic ring is 1. The van der Waals surface area contributed by atoms with Crippen molar-refractivity contribution in [3.63, 3.8) is 0 Å². The van der Waals surface area contributed by atoms with Crippen molar-refractivity contribution in [1.29, 1.82) is 0 Å². The van der Waals surface area contributed by atoms with Gasteiger partial charge in [-0.25, -0.2) is 9.78 Å². The largest absolute Gasteiger partial charge is 0.496 e. The first-order valence-corrected chi connectivity index (χ1v) is 13.4. The third-order valence-electron chi connectivity index (χ3n) is 6.88.